The second-order valence-corrected chi connectivity index (χ2v) is 11.0. The molecule has 3 atom stereocenters. The highest BCUT2D eigenvalue weighted by atomic mass is 32.2. The number of hydrogen-bond acceptors (Lipinski definition) is 4. The third-order valence-electron chi connectivity index (χ3n) is 5.54. The molecule has 1 aliphatic carbocycles. The molecule has 0 spiro atoms. The van der Waals surface area contributed by atoms with Gasteiger partial charge in [0.25, 0.3) is 0 Å². The van der Waals surface area contributed by atoms with Crippen molar-refractivity contribution in [3.63, 3.8) is 0 Å². The van der Waals surface area contributed by atoms with Gasteiger partial charge in [-0.05, 0) is 54.9 Å². The fourth-order valence-corrected chi connectivity index (χ4v) is 4.22. The highest BCUT2D eigenvalue weighted by Gasteiger charge is 2.44. The van der Waals surface area contributed by atoms with Crippen molar-refractivity contribution in [2.24, 2.45) is 5.92 Å². The minimum atomic E-state index is -3.36. The molecule has 0 radical (unpaired) electrons. The molecule has 2 aromatic rings. The van der Waals surface area contributed by atoms with E-state index in [1.54, 1.807) is 19.1 Å². The minimum Gasteiger partial charge on any atom is -0.348 e. The molecule has 1 aliphatic rings. The van der Waals surface area contributed by atoms with E-state index >= 15 is 0 Å². The molecule has 2 N–H and O–H groups in total. The van der Waals surface area contributed by atoms with Crippen LogP contribution in [0.3, 0.4) is 0 Å². The summed E-state index contributed by atoms with van der Waals surface area (Å²) in [6, 6.07) is 11.8. The number of benzene rings is 1. The van der Waals surface area contributed by atoms with Crippen molar-refractivity contribution in [1.82, 2.24) is 10.3 Å². The molecule has 0 bridgehead atoms. The van der Waals surface area contributed by atoms with Crippen molar-refractivity contribution >= 4 is 21.6 Å². The fraction of sp³-hybridized carbons (Fsp3) is 0.478. The first-order valence-electron chi connectivity index (χ1n) is 10.2. The first kappa shape index (κ1) is 22.3. The smallest absolute Gasteiger partial charge is 0.229 e. The molecule has 1 aromatic heterocycles. The lowest BCUT2D eigenvalue weighted by atomic mass is 9.86. The Labute approximate surface area is 179 Å². The summed E-state index contributed by atoms with van der Waals surface area (Å²) in [5.74, 6) is 0.285. The van der Waals surface area contributed by atoms with E-state index in [1.807, 2.05) is 6.92 Å². The maximum absolute atomic E-state index is 12.7. The third-order valence-corrected chi connectivity index (χ3v) is 6.13. The van der Waals surface area contributed by atoms with Crippen LogP contribution in [-0.2, 0) is 20.2 Å². The monoisotopic (exact) mass is 429 g/mol. The zero-order valence-electron chi connectivity index (χ0n) is 18.5. The van der Waals surface area contributed by atoms with E-state index in [-0.39, 0.29) is 29.2 Å². The van der Waals surface area contributed by atoms with E-state index in [0.717, 1.165) is 12.7 Å². The van der Waals surface area contributed by atoms with Crippen molar-refractivity contribution in [2.45, 2.75) is 58.4 Å². The van der Waals surface area contributed by atoms with Gasteiger partial charge in [0, 0.05) is 5.92 Å². The van der Waals surface area contributed by atoms with Gasteiger partial charge in [0.05, 0.1) is 29.4 Å². The molecule has 1 saturated carbocycles. The van der Waals surface area contributed by atoms with Gasteiger partial charge in [0.15, 0.2) is 0 Å². The number of hydrogen-bond donors (Lipinski definition) is 2. The standard InChI is InChI=1S/C23H31N3O3S/c1-14(20-11-12-21(15(2)24-20)26-30(6,28)29)25-22(27)19-13-18(19)16-7-9-17(10-8-16)23(3,4)5/h7-12,14,18-19,26H,13H2,1-6H3,(H,25,27)/t14-,18?,19?/m1/s1. The van der Waals surface area contributed by atoms with Crippen molar-refractivity contribution < 1.29 is 13.2 Å². The second kappa shape index (κ2) is 8.02. The van der Waals surface area contributed by atoms with Gasteiger partial charge in [-0.25, -0.2) is 8.42 Å². The summed E-state index contributed by atoms with van der Waals surface area (Å²) >= 11 is 0. The Morgan fingerprint density at radius 3 is 2.30 bits per heavy atom. The molecule has 6 nitrogen and oxygen atoms in total. The van der Waals surface area contributed by atoms with Gasteiger partial charge in [-0.15, -0.1) is 0 Å². The lowest BCUT2D eigenvalue weighted by Crippen LogP contribution is -2.29. The van der Waals surface area contributed by atoms with Crippen molar-refractivity contribution in [1.29, 1.82) is 0 Å². The number of aryl methyl sites for hydroxylation is 1. The topological polar surface area (TPSA) is 88.2 Å². The number of anilines is 1. The molecule has 3 rings (SSSR count). The van der Waals surface area contributed by atoms with E-state index in [9.17, 15) is 13.2 Å². The molecule has 0 saturated heterocycles. The maximum Gasteiger partial charge on any atom is 0.229 e. The molecule has 1 aromatic carbocycles. The van der Waals surface area contributed by atoms with Crippen LogP contribution in [0.4, 0.5) is 5.69 Å². The van der Waals surface area contributed by atoms with Crippen LogP contribution in [0.15, 0.2) is 36.4 Å². The van der Waals surface area contributed by atoms with E-state index < -0.39 is 10.0 Å². The van der Waals surface area contributed by atoms with Gasteiger partial charge in [0.1, 0.15) is 0 Å². The van der Waals surface area contributed by atoms with Gasteiger partial charge in [-0.3, -0.25) is 14.5 Å². The largest absolute Gasteiger partial charge is 0.348 e. The van der Waals surface area contributed by atoms with Crippen LogP contribution in [0.2, 0.25) is 0 Å². The Hall–Kier alpha value is -2.41. The van der Waals surface area contributed by atoms with Crippen LogP contribution in [0.25, 0.3) is 0 Å². The van der Waals surface area contributed by atoms with Crippen LogP contribution in [-0.4, -0.2) is 25.6 Å². The maximum atomic E-state index is 12.7. The average molecular weight is 430 g/mol. The molecule has 30 heavy (non-hydrogen) atoms. The highest BCUT2D eigenvalue weighted by Crippen LogP contribution is 2.48. The Kier molecular flexibility index (Phi) is 5.96. The number of pyridine rings is 1. The van der Waals surface area contributed by atoms with Crippen molar-refractivity contribution in [2.75, 3.05) is 11.0 Å². The second-order valence-electron chi connectivity index (χ2n) is 9.29. The van der Waals surface area contributed by atoms with E-state index in [1.165, 1.54) is 11.1 Å². The normalized spacial score (nSPS) is 19.8. The molecule has 162 valence electrons. The van der Waals surface area contributed by atoms with Crippen LogP contribution in [0.1, 0.15) is 68.6 Å². The number of nitrogens with one attached hydrogen (secondary N) is 2. The molecule has 1 amide bonds. The van der Waals surface area contributed by atoms with Crippen LogP contribution < -0.4 is 10.0 Å². The number of rotatable bonds is 6. The summed E-state index contributed by atoms with van der Waals surface area (Å²) in [6.07, 6.45) is 1.96. The van der Waals surface area contributed by atoms with E-state index in [2.05, 4.69) is 60.1 Å². The number of amides is 1. The van der Waals surface area contributed by atoms with Gasteiger partial charge >= 0.3 is 0 Å². The summed E-state index contributed by atoms with van der Waals surface area (Å²) in [7, 11) is -3.36. The molecular weight excluding hydrogens is 398 g/mol. The minimum absolute atomic E-state index is 0.0137. The summed E-state index contributed by atoms with van der Waals surface area (Å²) in [4.78, 5) is 17.2. The Balaban J connectivity index is 1.61. The zero-order valence-corrected chi connectivity index (χ0v) is 19.3. The lowest BCUT2D eigenvalue weighted by molar-refractivity contribution is -0.123. The molecule has 1 fully saturated rings. The molecular formula is C23H31N3O3S. The number of aromatic nitrogens is 1. The van der Waals surface area contributed by atoms with Crippen LogP contribution >= 0.6 is 0 Å². The Morgan fingerprint density at radius 1 is 1.13 bits per heavy atom. The predicted molar refractivity (Wildman–Crippen MR) is 120 cm³/mol. The summed E-state index contributed by atoms with van der Waals surface area (Å²) in [5.41, 5.74) is 4.33. The molecule has 0 aliphatic heterocycles. The summed E-state index contributed by atoms with van der Waals surface area (Å²) in [5, 5.41) is 3.05. The molecule has 2 unspecified atom stereocenters. The lowest BCUT2D eigenvalue weighted by Gasteiger charge is -2.19. The fourth-order valence-electron chi connectivity index (χ4n) is 3.61. The van der Waals surface area contributed by atoms with Gasteiger partial charge < -0.3 is 5.32 Å². The highest BCUT2D eigenvalue weighted by molar-refractivity contribution is 7.92. The van der Waals surface area contributed by atoms with Gasteiger partial charge in [-0.1, -0.05) is 45.0 Å². The first-order chi connectivity index (χ1) is 13.8. The number of carbonyl (C=O) groups is 1. The first-order valence-corrected chi connectivity index (χ1v) is 12.1. The van der Waals surface area contributed by atoms with Crippen LogP contribution in [0.5, 0.6) is 0 Å². The van der Waals surface area contributed by atoms with E-state index in [0.29, 0.717) is 17.1 Å². The summed E-state index contributed by atoms with van der Waals surface area (Å²) < 4.78 is 25.3. The van der Waals surface area contributed by atoms with Crippen molar-refractivity contribution in [3.05, 3.63) is 58.9 Å². The Morgan fingerprint density at radius 2 is 1.77 bits per heavy atom. The van der Waals surface area contributed by atoms with Gasteiger partial charge in [0.2, 0.25) is 15.9 Å². The quantitative estimate of drug-likeness (QED) is 0.725. The third kappa shape index (κ3) is 5.39. The number of sulfonamides is 1. The predicted octanol–water partition coefficient (Wildman–Crippen LogP) is 4.04. The zero-order chi connectivity index (χ0) is 22.3. The average Bonchev–Trinajstić information content (AvgIpc) is 3.42. The number of carbonyl (C=O) groups excluding carboxylic acids is 1. The van der Waals surface area contributed by atoms with E-state index in [4.69, 9.17) is 0 Å². The van der Waals surface area contributed by atoms with Gasteiger partial charge in [-0.2, -0.15) is 0 Å². The Bertz CT molecular complexity index is 1040. The van der Waals surface area contributed by atoms with Crippen molar-refractivity contribution in [3.8, 4) is 0 Å². The van der Waals surface area contributed by atoms with Crippen LogP contribution in [0, 0.1) is 12.8 Å². The SMILES string of the molecule is Cc1nc([C@@H](C)NC(=O)C2CC2c2ccc(C(C)(C)C)cc2)ccc1NS(C)(=O)=O. The molecule has 1 heterocycles. The summed E-state index contributed by atoms with van der Waals surface area (Å²) in [6.45, 7) is 10.2. The molecule has 7 heteroatoms. The number of nitrogens with zero attached hydrogens (tertiary/aromatic N) is 1.